The Balaban J connectivity index is 1.78. The highest BCUT2D eigenvalue weighted by molar-refractivity contribution is 14.1. The highest BCUT2D eigenvalue weighted by atomic mass is 127. The first-order valence-corrected chi connectivity index (χ1v) is 5.84. The van der Waals surface area contributed by atoms with Crippen LogP contribution < -0.4 is 0 Å². The van der Waals surface area contributed by atoms with E-state index < -0.39 is 0 Å². The van der Waals surface area contributed by atoms with E-state index in [-0.39, 0.29) is 0 Å². The minimum Gasteiger partial charge on any atom is -0.301 e. The lowest BCUT2D eigenvalue weighted by Gasteiger charge is -2.13. The van der Waals surface area contributed by atoms with E-state index in [4.69, 9.17) is 0 Å². The summed E-state index contributed by atoms with van der Waals surface area (Å²) < 4.78 is 3.11. The van der Waals surface area contributed by atoms with Crippen LogP contribution in [0.3, 0.4) is 0 Å². The summed E-state index contributed by atoms with van der Waals surface area (Å²) in [4.78, 5) is 2.51. The van der Waals surface area contributed by atoms with Crippen LogP contribution in [-0.2, 0) is 6.54 Å². The Kier molecular flexibility index (Phi) is 3.21. The van der Waals surface area contributed by atoms with Crippen molar-refractivity contribution < 1.29 is 0 Å². The van der Waals surface area contributed by atoms with Crippen molar-refractivity contribution >= 4 is 22.6 Å². The maximum Gasteiger partial charge on any atom is 0.123 e. The molecule has 0 bridgehead atoms. The second-order valence-electron chi connectivity index (χ2n) is 3.45. The highest BCUT2D eigenvalue weighted by Crippen LogP contribution is 2.07. The van der Waals surface area contributed by atoms with Crippen molar-refractivity contribution in [1.29, 1.82) is 0 Å². The minimum absolute atomic E-state index is 1.03. The molecule has 1 aliphatic heterocycles. The average Bonchev–Trinajstić information content (AvgIpc) is 2.71. The topological polar surface area (TPSA) is 21.1 Å². The first-order chi connectivity index (χ1) is 6.34. The molecule has 0 spiro atoms. The molecular formula is C9H14IN3. The molecule has 3 nitrogen and oxygen atoms in total. The third-order valence-corrected chi connectivity index (χ3v) is 3.03. The summed E-state index contributed by atoms with van der Waals surface area (Å²) in [5.41, 5.74) is 0. The van der Waals surface area contributed by atoms with Gasteiger partial charge in [0.25, 0.3) is 0 Å². The molecule has 0 unspecified atom stereocenters. The van der Waals surface area contributed by atoms with Crippen molar-refractivity contribution in [2.75, 3.05) is 19.6 Å². The Hall–Kier alpha value is -0.100. The first kappa shape index (κ1) is 9.45. The average molecular weight is 291 g/mol. The van der Waals surface area contributed by atoms with Gasteiger partial charge in [-0.25, -0.2) is 0 Å². The molecule has 4 heteroatoms. The van der Waals surface area contributed by atoms with Crippen molar-refractivity contribution in [3.63, 3.8) is 0 Å². The summed E-state index contributed by atoms with van der Waals surface area (Å²) >= 11 is 2.24. The zero-order valence-corrected chi connectivity index (χ0v) is 9.77. The van der Waals surface area contributed by atoms with E-state index in [9.17, 15) is 0 Å². The van der Waals surface area contributed by atoms with Crippen LogP contribution in [0, 0.1) is 3.70 Å². The van der Waals surface area contributed by atoms with Crippen LogP contribution in [-0.4, -0.2) is 34.3 Å². The molecule has 0 amide bonds. The number of nitrogens with zero attached hydrogens (tertiary/aromatic N) is 3. The van der Waals surface area contributed by atoms with Gasteiger partial charge < -0.3 is 4.90 Å². The lowest BCUT2D eigenvalue weighted by molar-refractivity contribution is 0.315. The molecule has 0 N–H and O–H groups in total. The van der Waals surface area contributed by atoms with Crippen molar-refractivity contribution in [3.05, 3.63) is 16.0 Å². The fourth-order valence-electron chi connectivity index (χ4n) is 1.71. The van der Waals surface area contributed by atoms with E-state index in [0.29, 0.717) is 0 Å². The number of hydrogen-bond donors (Lipinski definition) is 0. The van der Waals surface area contributed by atoms with Crippen LogP contribution in [0.1, 0.15) is 12.8 Å². The Bertz CT molecular complexity index is 266. The van der Waals surface area contributed by atoms with Crippen LogP contribution in [0.25, 0.3) is 0 Å². The summed E-state index contributed by atoms with van der Waals surface area (Å²) in [6.07, 6.45) is 4.80. The molecule has 1 aromatic heterocycles. The Morgan fingerprint density at radius 1 is 1.31 bits per heavy atom. The van der Waals surface area contributed by atoms with Gasteiger partial charge in [0.1, 0.15) is 3.70 Å². The van der Waals surface area contributed by atoms with Crippen molar-refractivity contribution in [2.24, 2.45) is 0 Å². The summed E-state index contributed by atoms with van der Waals surface area (Å²) in [5.74, 6) is 0. The molecule has 0 aliphatic carbocycles. The standard InChI is InChI=1S/C9H14IN3/c10-9-3-6-13(11-9)8-7-12-4-1-2-5-12/h3,6H,1-2,4-5,7-8H2. The smallest absolute Gasteiger partial charge is 0.123 e. The molecule has 13 heavy (non-hydrogen) atoms. The third kappa shape index (κ3) is 2.67. The van der Waals surface area contributed by atoms with Crippen molar-refractivity contribution in [2.45, 2.75) is 19.4 Å². The maximum atomic E-state index is 4.35. The quantitative estimate of drug-likeness (QED) is 0.789. The Labute approximate surface area is 92.2 Å². The molecule has 1 fully saturated rings. The number of hydrogen-bond acceptors (Lipinski definition) is 2. The van der Waals surface area contributed by atoms with E-state index in [1.165, 1.54) is 25.9 Å². The molecule has 72 valence electrons. The lowest BCUT2D eigenvalue weighted by Crippen LogP contribution is -2.24. The fourth-order valence-corrected chi connectivity index (χ4v) is 2.15. The summed E-state index contributed by atoms with van der Waals surface area (Å²) in [5, 5.41) is 4.35. The predicted molar refractivity (Wildman–Crippen MR) is 60.6 cm³/mol. The normalized spacial score (nSPS) is 18.2. The fraction of sp³-hybridized carbons (Fsp3) is 0.667. The van der Waals surface area contributed by atoms with Crippen LogP contribution in [0.15, 0.2) is 12.3 Å². The zero-order chi connectivity index (χ0) is 9.10. The summed E-state index contributed by atoms with van der Waals surface area (Å²) in [6.45, 7) is 4.73. The molecule has 2 rings (SSSR count). The van der Waals surface area contributed by atoms with E-state index in [1.807, 2.05) is 10.7 Å². The molecule has 0 atom stereocenters. The van der Waals surface area contributed by atoms with Gasteiger partial charge in [-0.3, -0.25) is 4.68 Å². The van der Waals surface area contributed by atoms with Crippen LogP contribution in [0.4, 0.5) is 0 Å². The number of likely N-dealkylation sites (tertiary alicyclic amines) is 1. The summed E-state index contributed by atoms with van der Waals surface area (Å²) in [7, 11) is 0. The molecule has 2 heterocycles. The summed E-state index contributed by atoms with van der Waals surface area (Å²) in [6, 6.07) is 2.05. The van der Waals surface area contributed by atoms with Gasteiger partial charge in [-0.15, -0.1) is 0 Å². The minimum atomic E-state index is 1.03. The Morgan fingerprint density at radius 3 is 2.69 bits per heavy atom. The van der Waals surface area contributed by atoms with Gasteiger partial charge in [0, 0.05) is 12.7 Å². The number of aromatic nitrogens is 2. The first-order valence-electron chi connectivity index (χ1n) is 4.76. The van der Waals surface area contributed by atoms with Crippen molar-refractivity contribution in [1.82, 2.24) is 14.7 Å². The molecule has 0 aromatic carbocycles. The van der Waals surface area contributed by atoms with Gasteiger partial charge in [-0.05, 0) is 54.6 Å². The predicted octanol–water partition coefficient (Wildman–Crippen LogP) is 1.58. The second-order valence-corrected chi connectivity index (χ2v) is 4.56. The molecule has 0 radical (unpaired) electrons. The van der Waals surface area contributed by atoms with Crippen LogP contribution >= 0.6 is 22.6 Å². The van der Waals surface area contributed by atoms with E-state index in [2.05, 4.69) is 38.8 Å². The van der Waals surface area contributed by atoms with Crippen LogP contribution in [0.2, 0.25) is 0 Å². The second kappa shape index (κ2) is 4.41. The number of halogens is 1. The molecular weight excluding hydrogens is 277 g/mol. The van der Waals surface area contributed by atoms with Gasteiger partial charge in [-0.1, -0.05) is 0 Å². The largest absolute Gasteiger partial charge is 0.301 e. The highest BCUT2D eigenvalue weighted by Gasteiger charge is 2.10. The molecule has 1 saturated heterocycles. The van der Waals surface area contributed by atoms with E-state index in [1.54, 1.807) is 0 Å². The third-order valence-electron chi connectivity index (χ3n) is 2.45. The lowest BCUT2D eigenvalue weighted by atomic mass is 10.4. The van der Waals surface area contributed by atoms with Crippen molar-refractivity contribution in [3.8, 4) is 0 Å². The SMILES string of the molecule is Ic1ccn(CCN2CCCC2)n1. The monoisotopic (exact) mass is 291 g/mol. The zero-order valence-electron chi connectivity index (χ0n) is 7.62. The van der Waals surface area contributed by atoms with Gasteiger partial charge in [0.15, 0.2) is 0 Å². The van der Waals surface area contributed by atoms with Crippen LogP contribution in [0.5, 0.6) is 0 Å². The molecule has 1 aliphatic rings. The maximum absolute atomic E-state index is 4.35. The van der Waals surface area contributed by atoms with Gasteiger partial charge in [0.05, 0.1) is 6.54 Å². The van der Waals surface area contributed by atoms with Gasteiger partial charge >= 0.3 is 0 Å². The molecule has 1 aromatic rings. The van der Waals surface area contributed by atoms with E-state index in [0.717, 1.165) is 16.8 Å². The number of rotatable bonds is 3. The Morgan fingerprint density at radius 2 is 2.08 bits per heavy atom. The molecule has 0 saturated carbocycles. The van der Waals surface area contributed by atoms with Gasteiger partial charge in [0.2, 0.25) is 0 Å². The van der Waals surface area contributed by atoms with E-state index >= 15 is 0 Å². The van der Waals surface area contributed by atoms with Gasteiger partial charge in [-0.2, -0.15) is 5.10 Å².